The third kappa shape index (κ3) is 3.28. The molecule has 0 atom stereocenters. The molecule has 0 saturated carbocycles. The standard InChI is InChI=1S/C23H17BrClN3O3/c1-31-19-9-6-14(27-21(29)3-2-4-22(27)30)12-18(19)28-17-8-5-13(24)11-16(17)15-7-10-20(25)26-23(15)28/h5-12H,2-4H2,1H3. The Morgan fingerprint density at radius 3 is 2.52 bits per heavy atom. The number of carbonyl (C=O) groups is 2. The lowest BCUT2D eigenvalue weighted by atomic mass is 10.1. The van der Waals surface area contributed by atoms with Gasteiger partial charge in [0.25, 0.3) is 0 Å². The molecule has 0 radical (unpaired) electrons. The number of fused-ring (bicyclic) bond motifs is 3. The first-order valence-electron chi connectivity index (χ1n) is 9.78. The van der Waals surface area contributed by atoms with E-state index in [0.29, 0.717) is 47.2 Å². The number of carbonyl (C=O) groups excluding carboxylic acids is 2. The van der Waals surface area contributed by atoms with Crippen LogP contribution in [-0.4, -0.2) is 28.5 Å². The minimum absolute atomic E-state index is 0.195. The summed E-state index contributed by atoms with van der Waals surface area (Å²) in [5.74, 6) is 0.198. The lowest BCUT2D eigenvalue weighted by Crippen LogP contribution is -2.40. The Hall–Kier alpha value is -2.90. The van der Waals surface area contributed by atoms with E-state index in [4.69, 9.17) is 16.3 Å². The zero-order chi connectivity index (χ0) is 21.7. The zero-order valence-corrected chi connectivity index (χ0v) is 18.9. The fourth-order valence-corrected chi connectivity index (χ4v) is 4.62. The molecule has 1 aliphatic rings. The van der Waals surface area contributed by atoms with Crippen molar-refractivity contribution in [3.05, 3.63) is 58.2 Å². The molecule has 6 nitrogen and oxygen atoms in total. The predicted molar refractivity (Wildman–Crippen MR) is 124 cm³/mol. The lowest BCUT2D eigenvalue weighted by molar-refractivity contribution is -0.129. The highest BCUT2D eigenvalue weighted by atomic mass is 79.9. The van der Waals surface area contributed by atoms with Crippen LogP contribution in [0, 0.1) is 0 Å². The number of imide groups is 1. The van der Waals surface area contributed by atoms with Crippen LogP contribution in [0.2, 0.25) is 5.15 Å². The maximum Gasteiger partial charge on any atom is 0.233 e. The molecule has 0 N–H and O–H groups in total. The van der Waals surface area contributed by atoms with Crippen LogP contribution >= 0.6 is 27.5 Å². The number of nitrogens with zero attached hydrogens (tertiary/aromatic N) is 3. The van der Waals surface area contributed by atoms with E-state index in [9.17, 15) is 9.59 Å². The second-order valence-electron chi connectivity index (χ2n) is 7.33. The molecule has 0 unspecified atom stereocenters. The van der Waals surface area contributed by atoms with Crippen molar-refractivity contribution in [2.45, 2.75) is 19.3 Å². The van der Waals surface area contributed by atoms with Gasteiger partial charge in [-0.05, 0) is 55.0 Å². The van der Waals surface area contributed by atoms with Crippen LogP contribution in [0.15, 0.2) is 53.0 Å². The average molecular weight is 499 g/mol. The van der Waals surface area contributed by atoms with Gasteiger partial charge in [-0.1, -0.05) is 27.5 Å². The number of pyridine rings is 1. The normalized spacial score (nSPS) is 14.6. The number of aromatic nitrogens is 2. The number of ether oxygens (including phenoxy) is 1. The molecule has 2 aromatic heterocycles. The first-order valence-corrected chi connectivity index (χ1v) is 11.0. The van der Waals surface area contributed by atoms with Gasteiger partial charge >= 0.3 is 0 Å². The van der Waals surface area contributed by atoms with Crippen LogP contribution < -0.4 is 9.64 Å². The Morgan fingerprint density at radius 2 is 1.77 bits per heavy atom. The number of piperidine rings is 1. The van der Waals surface area contributed by atoms with Crippen LogP contribution in [0.5, 0.6) is 5.75 Å². The van der Waals surface area contributed by atoms with E-state index >= 15 is 0 Å². The summed E-state index contributed by atoms with van der Waals surface area (Å²) in [5.41, 5.74) is 2.75. The highest BCUT2D eigenvalue weighted by Gasteiger charge is 2.28. The molecule has 31 heavy (non-hydrogen) atoms. The van der Waals surface area contributed by atoms with E-state index in [1.54, 1.807) is 31.4 Å². The second kappa shape index (κ2) is 7.66. The van der Waals surface area contributed by atoms with Crippen LogP contribution in [0.4, 0.5) is 5.69 Å². The monoisotopic (exact) mass is 497 g/mol. The topological polar surface area (TPSA) is 64.4 Å². The van der Waals surface area contributed by atoms with E-state index < -0.39 is 0 Å². The molecular formula is C23H17BrClN3O3. The molecule has 2 amide bonds. The summed E-state index contributed by atoms with van der Waals surface area (Å²) in [5, 5.41) is 2.29. The smallest absolute Gasteiger partial charge is 0.233 e. The summed E-state index contributed by atoms with van der Waals surface area (Å²) in [4.78, 5) is 30.8. The molecule has 0 spiro atoms. The molecule has 4 aromatic rings. The van der Waals surface area contributed by atoms with Crippen LogP contribution in [-0.2, 0) is 9.59 Å². The van der Waals surface area contributed by atoms with Crippen molar-refractivity contribution in [1.29, 1.82) is 0 Å². The number of hydrogen-bond donors (Lipinski definition) is 0. The van der Waals surface area contributed by atoms with Gasteiger partial charge < -0.3 is 4.74 Å². The third-order valence-electron chi connectivity index (χ3n) is 5.48. The van der Waals surface area contributed by atoms with Gasteiger partial charge in [-0.25, -0.2) is 4.98 Å². The Labute approximate surface area is 191 Å². The summed E-state index contributed by atoms with van der Waals surface area (Å²) in [7, 11) is 1.58. The van der Waals surface area contributed by atoms with E-state index in [-0.39, 0.29) is 11.8 Å². The second-order valence-corrected chi connectivity index (χ2v) is 8.64. The summed E-state index contributed by atoms with van der Waals surface area (Å²) < 4.78 is 8.53. The first kappa shape index (κ1) is 20.0. The highest BCUT2D eigenvalue weighted by molar-refractivity contribution is 9.10. The number of benzene rings is 2. The number of anilines is 1. The molecule has 8 heteroatoms. The first-order chi connectivity index (χ1) is 15.0. The van der Waals surface area contributed by atoms with Crippen molar-refractivity contribution in [3.8, 4) is 11.4 Å². The molecule has 156 valence electrons. The highest BCUT2D eigenvalue weighted by Crippen LogP contribution is 2.38. The van der Waals surface area contributed by atoms with Gasteiger partial charge in [0.2, 0.25) is 11.8 Å². The van der Waals surface area contributed by atoms with Gasteiger partial charge in [0.1, 0.15) is 16.5 Å². The van der Waals surface area contributed by atoms with Gasteiger partial charge in [0, 0.05) is 28.1 Å². The van der Waals surface area contributed by atoms with Crippen LogP contribution in [0.1, 0.15) is 19.3 Å². The molecule has 2 aromatic carbocycles. The Bertz CT molecular complexity index is 1370. The van der Waals surface area contributed by atoms with Crippen LogP contribution in [0.3, 0.4) is 0 Å². The maximum absolute atomic E-state index is 12.5. The van der Waals surface area contributed by atoms with Gasteiger partial charge in [0.05, 0.1) is 24.0 Å². The van der Waals surface area contributed by atoms with Crippen molar-refractivity contribution in [3.63, 3.8) is 0 Å². The fraction of sp³-hybridized carbons (Fsp3) is 0.174. The van der Waals surface area contributed by atoms with Crippen molar-refractivity contribution in [1.82, 2.24) is 9.55 Å². The molecule has 1 aliphatic heterocycles. The number of hydrogen-bond acceptors (Lipinski definition) is 4. The van der Waals surface area contributed by atoms with E-state index in [0.717, 1.165) is 20.8 Å². The SMILES string of the molecule is COc1ccc(N2C(=O)CCCC2=O)cc1-n1c2ccc(Br)cc2c2ccc(Cl)nc21. The molecule has 0 bridgehead atoms. The van der Waals surface area contributed by atoms with Crippen LogP contribution in [0.25, 0.3) is 27.6 Å². The van der Waals surface area contributed by atoms with E-state index in [2.05, 4.69) is 20.9 Å². The summed E-state index contributed by atoms with van der Waals surface area (Å²) >= 11 is 9.78. The Morgan fingerprint density at radius 1 is 1.00 bits per heavy atom. The van der Waals surface area contributed by atoms with Crippen molar-refractivity contribution in [2.75, 3.05) is 12.0 Å². The quantitative estimate of drug-likeness (QED) is 0.271. The molecule has 0 aliphatic carbocycles. The van der Waals surface area contributed by atoms with Gasteiger partial charge in [-0.2, -0.15) is 0 Å². The van der Waals surface area contributed by atoms with Crippen molar-refractivity contribution in [2.24, 2.45) is 0 Å². The van der Waals surface area contributed by atoms with Crippen molar-refractivity contribution >= 4 is 67.0 Å². The number of methoxy groups -OCH3 is 1. The maximum atomic E-state index is 12.5. The predicted octanol–water partition coefficient (Wildman–Crippen LogP) is 5.65. The minimum Gasteiger partial charge on any atom is -0.495 e. The third-order valence-corrected chi connectivity index (χ3v) is 6.19. The fourth-order valence-electron chi connectivity index (χ4n) is 4.12. The largest absolute Gasteiger partial charge is 0.495 e. The molecular weight excluding hydrogens is 482 g/mol. The van der Waals surface area contributed by atoms with E-state index in [1.807, 2.05) is 28.8 Å². The lowest BCUT2D eigenvalue weighted by Gasteiger charge is -2.26. The Balaban J connectivity index is 1.82. The van der Waals surface area contributed by atoms with Crippen molar-refractivity contribution < 1.29 is 14.3 Å². The summed E-state index contributed by atoms with van der Waals surface area (Å²) in [6, 6.07) is 14.9. The summed E-state index contributed by atoms with van der Waals surface area (Å²) in [6.07, 6.45) is 1.29. The average Bonchev–Trinajstić information content (AvgIpc) is 3.06. The summed E-state index contributed by atoms with van der Waals surface area (Å²) in [6.45, 7) is 0. The number of rotatable bonds is 3. The number of amides is 2. The van der Waals surface area contributed by atoms with Gasteiger partial charge in [-0.15, -0.1) is 0 Å². The Kier molecular flexibility index (Phi) is 4.95. The van der Waals surface area contributed by atoms with Gasteiger partial charge in [-0.3, -0.25) is 19.1 Å². The number of halogens is 2. The molecule has 1 fully saturated rings. The molecule has 1 saturated heterocycles. The molecule has 3 heterocycles. The van der Waals surface area contributed by atoms with Gasteiger partial charge in [0.15, 0.2) is 0 Å². The van der Waals surface area contributed by atoms with E-state index in [1.165, 1.54) is 4.90 Å². The zero-order valence-electron chi connectivity index (χ0n) is 16.6. The minimum atomic E-state index is -0.195. The molecule has 5 rings (SSSR count).